The number of rotatable bonds is 7. The zero-order valence-corrected chi connectivity index (χ0v) is 16.5. The highest BCUT2D eigenvalue weighted by atomic mass is 16.5. The summed E-state index contributed by atoms with van der Waals surface area (Å²) >= 11 is 0. The predicted octanol–water partition coefficient (Wildman–Crippen LogP) is 3.51. The van der Waals surface area contributed by atoms with Crippen LogP contribution in [-0.2, 0) is 13.1 Å². The van der Waals surface area contributed by atoms with E-state index in [0.717, 1.165) is 31.7 Å². The molecule has 2 aromatic carbocycles. The van der Waals surface area contributed by atoms with Crippen LogP contribution in [0.5, 0.6) is 17.2 Å². The number of piperidine rings is 1. The molecule has 2 aromatic rings. The molecule has 0 saturated carbocycles. The molecule has 1 fully saturated rings. The smallest absolute Gasteiger partial charge is 0.200 e. The van der Waals surface area contributed by atoms with Crippen molar-refractivity contribution >= 4 is 0 Å². The molecule has 1 saturated heterocycles. The lowest BCUT2D eigenvalue weighted by atomic mass is 10.0. The van der Waals surface area contributed by atoms with Crippen LogP contribution in [0.15, 0.2) is 42.5 Å². The van der Waals surface area contributed by atoms with E-state index in [-0.39, 0.29) is 5.75 Å². The van der Waals surface area contributed by atoms with Crippen molar-refractivity contribution in [2.24, 2.45) is 0 Å². The average molecular weight is 370 g/mol. The minimum Gasteiger partial charge on any atom is -0.502 e. The lowest BCUT2D eigenvalue weighted by molar-refractivity contribution is 0.107. The largest absolute Gasteiger partial charge is 0.502 e. The van der Waals surface area contributed by atoms with Gasteiger partial charge in [-0.2, -0.15) is 0 Å². The Bertz CT molecular complexity index is 711. The fraction of sp³-hybridized carbons (Fsp3) is 0.455. The first-order chi connectivity index (χ1) is 13.1. The molecule has 0 radical (unpaired) electrons. The summed E-state index contributed by atoms with van der Waals surface area (Å²) in [5, 5.41) is 10.1. The van der Waals surface area contributed by atoms with Crippen molar-refractivity contribution in [3.8, 4) is 17.2 Å². The molecule has 5 nitrogen and oxygen atoms in total. The number of phenols is 1. The minimum absolute atomic E-state index is 0.0582. The Morgan fingerprint density at radius 3 is 2.37 bits per heavy atom. The van der Waals surface area contributed by atoms with E-state index in [2.05, 4.69) is 47.2 Å². The van der Waals surface area contributed by atoms with Crippen LogP contribution in [0.2, 0.25) is 0 Å². The third-order valence-corrected chi connectivity index (χ3v) is 5.32. The van der Waals surface area contributed by atoms with Gasteiger partial charge in [0.15, 0.2) is 11.5 Å². The van der Waals surface area contributed by atoms with Gasteiger partial charge >= 0.3 is 0 Å². The summed E-state index contributed by atoms with van der Waals surface area (Å²) in [5.41, 5.74) is 2.44. The van der Waals surface area contributed by atoms with Gasteiger partial charge in [-0.1, -0.05) is 30.3 Å². The van der Waals surface area contributed by atoms with Crippen LogP contribution in [0.1, 0.15) is 24.0 Å². The minimum atomic E-state index is 0.0582. The molecule has 0 amide bonds. The fourth-order valence-corrected chi connectivity index (χ4v) is 3.83. The van der Waals surface area contributed by atoms with Crippen LogP contribution in [0, 0.1) is 0 Å². The van der Waals surface area contributed by atoms with Crippen molar-refractivity contribution in [1.82, 2.24) is 9.80 Å². The monoisotopic (exact) mass is 370 g/mol. The average Bonchev–Trinajstić information content (AvgIpc) is 2.70. The Morgan fingerprint density at radius 1 is 1.07 bits per heavy atom. The number of hydrogen-bond donors (Lipinski definition) is 1. The lowest BCUT2D eigenvalue weighted by Crippen LogP contribution is -2.45. The van der Waals surface area contributed by atoms with Crippen molar-refractivity contribution in [1.29, 1.82) is 0 Å². The third-order valence-electron chi connectivity index (χ3n) is 5.32. The van der Waals surface area contributed by atoms with E-state index in [0.29, 0.717) is 17.5 Å². The molecule has 146 valence electrons. The van der Waals surface area contributed by atoms with Gasteiger partial charge in [-0.3, -0.25) is 9.80 Å². The zero-order valence-electron chi connectivity index (χ0n) is 16.5. The topological polar surface area (TPSA) is 45.2 Å². The number of phenolic OH excluding ortho intramolecular Hbond substituents is 1. The number of nitrogens with zero attached hydrogens (tertiary/aromatic N) is 2. The maximum Gasteiger partial charge on any atom is 0.200 e. The second kappa shape index (κ2) is 9.11. The maximum absolute atomic E-state index is 10.1. The zero-order chi connectivity index (χ0) is 19.2. The fourth-order valence-electron chi connectivity index (χ4n) is 3.83. The summed E-state index contributed by atoms with van der Waals surface area (Å²) in [4.78, 5) is 4.93. The molecule has 0 aliphatic carbocycles. The van der Waals surface area contributed by atoms with E-state index in [1.807, 2.05) is 12.1 Å². The van der Waals surface area contributed by atoms with Gasteiger partial charge < -0.3 is 14.6 Å². The first-order valence-corrected chi connectivity index (χ1v) is 9.51. The summed E-state index contributed by atoms with van der Waals surface area (Å²) in [6.45, 7) is 3.92. The summed E-state index contributed by atoms with van der Waals surface area (Å²) in [7, 11) is 5.34. The molecule has 1 unspecified atom stereocenters. The van der Waals surface area contributed by atoms with Gasteiger partial charge in [-0.05, 0) is 49.7 Å². The summed E-state index contributed by atoms with van der Waals surface area (Å²) in [6.07, 6.45) is 2.41. The van der Waals surface area contributed by atoms with Crippen LogP contribution in [-0.4, -0.2) is 55.3 Å². The second-order valence-electron chi connectivity index (χ2n) is 7.28. The molecule has 1 atom stereocenters. The third kappa shape index (κ3) is 4.93. The summed E-state index contributed by atoms with van der Waals surface area (Å²) in [5.74, 6) is 0.973. The Kier molecular flexibility index (Phi) is 6.58. The molecular weight excluding hydrogens is 340 g/mol. The molecule has 0 aromatic heterocycles. The van der Waals surface area contributed by atoms with Gasteiger partial charge in [0.05, 0.1) is 14.2 Å². The molecule has 27 heavy (non-hydrogen) atoms. The van der Waals surface area contributed by atoms with Gasteiger partial charge in [0.1, 0.15) is 0 Å². The van der Waals surface area contributed by atoms with E-state index in [9.17, 15) is 5.11 Å². The van der Waals surface area contributed by atoms with Crippen LogP contribution in [0.25, 0.3) is 0 Å². The van der Waals surface area contributed by atoms with Crippen molar-refractivity contribution in [3.05, 3.63) is 53.6 Å². The number of aromatic hydroxyl groups is 1. The SMILES string of the molecule is COc1cc(CN2CCCC(N(C)Cc3ccccc3)C2)cc(OC)c1O. The highest BCUT2D eigenvalue weighted by molar-refractivity contribution is 5.52. The molecule has 1 aliphatic heterocycles. The number of benzene rings is 2. The van der Waals surface area contributed by atoms with Crippen molar-refractivity contribution in [2.75, 3.05) is 34.4 Å². The number of methoxy groups -OCH3 is 2. The highest BCUT2D eigenvalue weighted by Gasteiger charge is 2.24. The van der Waals surface area contributed by atoms with Crippen LogP contribution in [0.3, 0.4) is 0 Å². The van der Waals surface area contributed by atoms with Crippen LogP contribution < -0.4 is 9.47 Å². The number of likely N-dealkylation sites (N-methyl/N-ethyl adjacent to an activating group) is 1. The number of ether oxygens (including phenoxy) is 2. The quantitative estimate of drug-likeness (QED) is 0.808. The van der Waals surface area contributed by atoms with Gasteiger partial charge in [0.2, 0.25) is 5.75 Å². The van der Waals surface area contributed by atoms with Gasteiger partial charge in [-0.15, -0.1) is 0 Å². The molecular formula is C22H30N2O3. The summed E-state index contributed by atoms with van der Waals surface area (Å²) < 4.78 is 10.6. The normalized spacial score (nSPS) is 17.9. The van der Waals surface area contributed by atoms with Crippen LogP contribution in [0.4, 0.5) is 0 Å². The Hall–Kier alpha value is -2.24. The van der Waals surface area contributed by atoms with Gasteiger partial charge in [-0.25, -0.2) is 0 Å². The van der Waals surface area contributed by atoms with E-state index in [4.69, 9.17) is 9.47 Å². The van der Waals surface area contributed by atoms with E-state index >= 15 is 0 Å². The molecule has 1 N–H and O–H groups in total. The first kappa shape index (κ1) is 19.5. The first-order valence-electron chi connectivity index (χ1n) is 9.51. The standard InChI is InChI=1S/C22H30N2O3/c1-23(14-17-8-5-4-6-9-17)19-10-7-11-24(16-19)15-18-12-20(26-2)22(25)21(13-18)27-3/h4-6,8-9,12-13,19,25H,7,10-11,14-16H2,1-3H3. The van der Waals surface area contributed by atoms with Crippen molar-refractivity contribution in [2.45, 2.75) is 32.0 Å². The van der Waals surface area contributed by atoms with E-state index < -0.39 is 0 Å². The van der Waals surface area contributed by atoms with Gasteiger partial charge in [0.25, 0.3) is 0 Å². The van der Waals surface area contributed by atoms with Crippen LogP contribution >= 0.6 is 0 Å². The molecule has 5 heteroatoms. The Labute approximate surface area is 162 Å². The van der Waals surface area contributed by atoms with E-state index in [1.54, 1.807) is 14.2 Å². The molecule has 3 rings (SSSR count). The van der Waals surface area contributed by atoms with E-state index in [1.165, 1.54) is 18.4 Å². The maximum atomic E-state index is 10.1. The molecule has 1 aliphatic rings. The van der Waals surface area contributed by atoms with Gasteiger partial charge in [0, 0.05) is 25.7 Å². The summed E-state index contributed by atoms with van der Waals surface area (Å²) in [6, 6.07) is 15.0. The number of likely N-dealkylation sites (tertiary alicyclic amines) is 1. The molecule has 0 bridgehead atoms. The van der Waals surface area contributed by atoms with Crippen molar-refractivity contribution < 1.29 is 14.6 Å². The molecule has 0 spiro atoms. The Balaban J connectivity index is 1.64. The second-order valence-corrected chi connectivity index (χ2v) is 7.28. The Morgan fingerprint density at radius 2 is 1.74 bits per heavy atom. The molecule has 1 heterocycles. The lowest BCUT2D eigenvalue weighted by Gasteiger charge is -2.37. The van der Waals surface area contributed by atoms with Crippen molar-refractivity contribution in [3.63, 3.8) is 0 Å². The predicted molar refractivity (Wildman–Crippen MR) is 107 cm³/mol. The number of hydrogen-bond acceptors (Lipinski definition) is 5. The highest BCUT2D eigenvalue weighted by Crippen LogP contribution is 2.37.